The van der Waals surface area contributed by atoms with E-state index in [-0.39, 0.29) is 5.56 Å². The smallest absolute Gasteiger partial charge is 0.142 e. The van der Waals surface area contributed by atoms with Crippen LogP contribution < -0.4 is 0 Å². The highest BCUT2D eigenvalue weighted by Gasteiger charge is 2.19. The summed E-state index contributed by atoms with van der Waals surface area (Å²) in [5.41, 5.74) is 5.64. The first-order valence-electron chi connectivity index (χ1n) is 12.1. The van der Waals surface area contributed by atoms with Crippen LogP contribution in [-0.2, 0) is 6.42 Å². The van der Waals surface area contributed by atoms with Gasteiger partial charge in [0.25, 0.3) is 0 Å². The minimum Gasteiger partial charge on any atom is -0.206 e. The third kappa shape index (κ3) is 6.15. The molecule has 0 spiro atoms. The van der Waals surface area contributed by atoms with Crippen molar-refractivity contribution >= 4 is 0 Å². The van der Waals surface area contributed by atoms with E-state index < -0.39 is 11.6 Å². The maximum absolute atomic E-state index is 14.0. The highest BCUT2D eigenvalue weighted by Crippen LogP contribution is 2.31. The van der Waals surface area contributed by atoms with Crippen molar-refractivity contribution in [2.75, 3.05) is 0 Å². The average molecular weight is 453 g/mol. The van der Waals surface area contributed by atoms with Gasteiger partial charge < -0.3 is 0 Å². The van der Waals surface area contributed by atoms with Crippen LogP contribution >= 0.6 is 0 Å². The van der Waals surface area contributed by atoms with E-state index in [2.05, 4.69) is 55.7 Å². The highest BCUT2D eigenvalue weighted by molar-refractivity contribution is 5.49. The van der Waals surface area contributed by atoms with E-state index in [0.717, 1.165) is 23.0 Å². The van der Waals surface area contributed by atoms with Gasteiger partial charge in [0.05, 0.1) is 5.56 Å². The molecule has 1 fully saturated rings. The zero-order valence-electron chi connectivity index (χ0n) is 20.1. The van der Waals surface area contributed by atoms with Gasteiger partial charge in [-0.2, -0.15) is 0 Å². The second kappa shape index (κ2) is 10.7. The van der Waals surface area contributed by atoms with E-state index in [4.69, 9.17) is 0 Å². The van der Waals surface area contributed by atoms with E-state index in [9.17, 15) is 8.78 Å². The Morgan fingerprint density at radius 1 is 0.706 bits per heavy atom. The van der Waals surface area contributed by atoms with Gasteiger partial charge in [0.1, 0.15) is 11.6 Å². The summed E-state index contributed by atoms with van der Waals surface area (Å²) in [6.45, 7) is 6.19. The largest absolute Gasteiger partial charge is 0.206 e. The van der Waals surface area contributed by atoms with Crippen LogP contribution in [0.3, 0.4) is 0 Å². The zero-order valence-corrected chi connectivity index (χ0v) is 20.1. The fourth-order valence-corrected chi connectivity index (χ4v) is 4.58. The number of hydrogen-bond donors (Lipinski definition) is 0. The molecule has 34 heavy (non-hydrogen) atoms. The number of rotatable bonds is 2. The molecular formula is C32H30F2. The lowest BCUT2D eigenvalue weighted by atomic mass is 9.79. The summed E-state index contributed by atoms with van der Waals surface area (Å²) in [7, 11) is 0. The third-order valence-electron chi connectivity index (χ3n) is 6.74. The Kier molecular flexibility index (Phi) is 7.49. The molecular weight excluding hydrogens is 422 g/mol. The molecule has 172 valence electrons. The number of hydrogen-bond acceptors (Lipinski definition) is 0. The summed E-state index contributed by atoms with van der Waals surface area (Å²) in [6.07, 6.45) is 6.58. The Hall–Kier alpha value is -3.36. The topological polar surface area (TPSA) is 0 Å². The second-order valence-corrected chi connectivity index (χ2v) is 9.65. The number of halogens is 2. The molecule has 0 aromatic heterocycles. The average Bonchev–Trinajstić information content (AvgIpc) is 2.81. The molecule has 3 aromatic rings. The Labute approximate surface area is 202 Å². The van der Waals surface area contributed by atoms with E-state index in [1.807, 2.05) is 24.3 Å². The summed E-state index contributed by atoms with van der Waals surface area (Å²) in [6, 6.07) is 16.5. The summed E-state index contributed by atoms with van der Waals surface area (Å²) in [5, 5.41) is 0. The van der Waals surface area contributed by atoms with Crippen LogP contribution in [0.25, 0.3) is 0 Å². The van der Waals surface area contributed by atoms with Crippen LogP contribution in [0.1, 0.15) is 71.6 Å². The quantitative estimate of drug-likeness (QED) is 0.349. The zero-order chi connectivity index (χ0) is 24.1. The van der Waals surface area contributed by atoms with Gasteiger partial charge in [-0.15, -0.1) is 0 Å². The van der Waals surface area contributed by atoms with Gasteiger partial charge in [-0.25, -0.2) is 8.78 Å². The number of benzene rings is 3. The third-order valence-corrected chi connectivity index (χ3v) is 6.74. The van der Waals surface area contributed by atoms with Gasteiger partial charge >= 0.3 is 0 Å². The van der Waals surface area contributed by atoms with Crippen molar-refractivity contribution in [3.63, 3.8) is 0 Å². The van der Waals surface area contributed by atoms with Crippen LogP contribution in [-0.4, -0.2) is 0 Å². The van der Waals surface area contributed by atoms with Crippen molar-refractivity contribution in [2.45, 2.75) is 52.9 Å². The molecule has 1 aliphatic rings. The Balaban J connectivity index is 1.42. The Morgan fingerprint density at radius 3 is 1.82 bits per heavy atom. The predicted octanol–water partition coefficient (Wildman–Crippen LogP) is 7.75. The van der Waals surface area contributed by atoms with Crippen molar-refractivity contribution in [2.24, 2.45) is 11.8 Å². The molecule has 1 aliphatic carbocycles. The van der Waals surface area contributed by atoms with Crippen molar-refractivity contribution < 1.29 is 8.78 Å². The minimum atomic E-state index is -0.637. The fraction of sp³-hybridized carbons (Fsp3) is 0.312. The SMILES string of the molecule is Cc1cc(F)c(C#Cc2ccc(C#Cc3ccc(CC4CCC(C)CC4)c(C)c3)cc2)c(F)c1. The van der Waals surface area contributed by atoms with Crippen molar-refractivity contribution in [1.82, 2.24) is 0 Å². The molecule has 0 saturated heterocycles. The predicted molar refractivity (Wildman–Crippen MR) is 136 cm³/mol. The minimum absolute atomic E-state index is 0.202. The van der Waals surface area contributed by atoms with Gasteiger partial charge in [0.2, 0.25) is 0 Å². The molecule has 2 heteroatoms. The van der Waals surface area contributed by atoms with Gasteiger partial charge in [0, 0.05) is 16.7 Å². The number of aryl methyl sites for hydroxylation is 2. The van der Waals surface area contributed by atoms with Gasteiger partial charge in [-0.1, -0.05) is 49.5 Å². The first-order valence-corrected chi connectivity index (χ1v) is 12.1. The molecule has 0 amide bonds. The van der Waals surface area contributed by atoms with Gasteiger partial charge in [-0.3, -0.25) is 0 Å². The molecule has 1 saturated carbocycles. The van der Waals surface area contributed by atoms with Crippen LogP contribution in [0.5, 0.6) is 0 Å². The van der Waals surface area contributed by atoms with Gasteiger partial charge in [-0.05, 0) is 110 Å². The molecule has 0 nitrogen and oxygen atoms in total. The molecule has 0 N–H and O–H groups in total. The summed E-state index contributed by atoms with van der Waals surface area (Å²) < 4.78 is 27.9. The highest BCUT2D eigenvalue weighted by atomic mass is 19.1. The first kappa shape index (κ1) is 23.8. The standard InChI is InChI=1S/C32H30F2/c1-22-4-6-28(7-5-22)21-29-16-14-27(20-24(29)3)13-12-25-8-10-26(11-9-25)15-17-30-31(33)18-23(2)19-32(30)34/h8-11,14,16,18-20,22,28H,4-7,21H2,1-3H3. The molecule has 0 unspecified atom stereocenters. The molecule has 4 rings (SSSR count). The van der Waals surface area contributed by atoms with Gasteiger partial charge in [0.15, 0.2) is 0 Å². The molecule has 0 heterocycles. The molecule has 0 atom stereocenters. The van der Waals surface area contributed by atoms with Crippen molar-refractivity contribution in [3.8, 4) is 23.7 Å². The van der Waals surface area contributed by atoms with Crippen LogP contribution in [0.2, 0.25) is 0 Å². The van der Waals surface area contributed by atoms with Crippen molar-refractivity contribution in [1.29, 1.82) is 0 Å². The lowest BCUT2D eigenvalue weighted by molar-refractivity contribution is 0.288. The monoisotopic (exact) mass is 452 g/mol. The first-order chi connectivity index (χ1) is 16.4. The summed E-state index contributed by atoms with van der Waals surface area (Å²) in [5.74, 6) is 12.3. The van der Waals surface area contributed by atoms with Crippen molar-refractivity contribution in [3.05, 3.63) is 105 Å². The maximum Gasteiger partial charge on any atom is 0.142 e. The van der Waals surface area contributed by atoms with E-state index in [1.54, 1.807) is 6.92 Å². The Morgan fingerprint density at radius 2 is 1.24 bits per heavy atom. The van der Waals surface area contributed by atoms with Crippen LogP contribution in [0.4, 0.5) is 8.78 Å². The summed E-state index contributed by atoms with van der Waals surface area (Å²) >= 11 is 0. The second-order valence-electron chi connectivity index (χ2n) is 9.65. The fourth-order valence-electron chi connectivity index (χ4n) is 4.58. The normalized spacial score (nSPS) is 17.3. The summed E-state index contributed by atoms with van der Waals surface area (Å²) in [4.78, 5) is 0. The molecule has 0 aliphatic heterocycles. The lowest BCUT2D eigenvalue weighted by Gasteiger charge is -2.26. The maximum atomic E-state index is 14.0. The van der Waals surface area contributed by atoms with E-state index in [1.165, 1.54) is 55.4 Å². The lowest BCUT2D eigenvalue weighted by Crippen LogP contribution is -2.14. The van der Waals surface area contributed by atoms with Crippen LogP contribution in [0.15, 0.2) is 54.6 Å². The molecule has 0 radical (unpaired) electrons. The molecule has 3 aromatic carbocycles. The Bertz CT molecular complexity index is 1260. The van der Waals surface area contributed by atoms with Crippen LogP contribution in [0, 0.1) is 61.0 Å². The van der Waals surface area contributed by atoms with E-state index >= 15 is 0 Å². The molecule has 0 bridgehead atoms. The van der Waals surface area contributed by atoms with E-state index in [0.29, 0.717) is 11.1 Å².